The van der Waals surface area contributed by atoms with E-state index in [-0.39, 0.29) is 17.9 Å². The monoisotopic (exact) mass is 296 g/mol. The molecule has 106 valence electrons. The maximum Gasteiger partial charge on any atom is 0.336 e. The molecule has 0 saturated carbocycles. The number of hydrogen-bond acceptors (Lipinski definition) is 5. The first-order valence-electron chi connectivity index (χ1n) is 5.78. The standard InChI is InChI=1S/C12H13ClN4O3/c1-7(20-9-6-4-3-5-8(9)13)10(18)14-11-15-12(19-2)17-16-11/h3-7H,1-2H3,(H2,14,15,16,17,18). The number of rotatable bonds is 5. The van der Waals surface area contributed by atoms with Crippen molar-refractivity contribution in [3.8, 4) is 11.8 Å². The number of carbonyl (C=O) groups excluding carboxylic acids is 1. The average Bonchev–Trinajstić information content (AvgIpc) is 2.89. The first-order chi connectivity index (χ1) is 9.60. The highest BCUT2D eigenvalue weighted by Gasteiger charge is 2.17. The molecule has 1 unspecified atom stereocenters. The van der Waals surface area contributed by atoms with E-state index >= 15 is 0 Å². The van der Waals surface area contributed by atoms with E-state index in [9.17, 15) is 4.79 Å². The number of benzene rings is 1. The van der Waals surface area contributed by atoms with Gasteiger partial charge >= 0.3 is 6.01 Å². The van der Waals surface area contributed by atoms with E-state index in [4.69, 9.17) is 21.1 Å². The van der Waals surface area contributed by atoms with Crippen LogP contribution < -0.4 is 14.8 Å². The van der Waals surface area contributed by atoms with Crippen molar-refractivity contribution in [2.24, 2.45) is 0 Å². The van der Waals surface area contributed by atoms with Crippen molar-refractivity contribution in [3.05, 3.63) is 29.3 Å². The Morgan fingerprint density at radius 2 is 2.20 bits per heavy atom. The summed E-state index contributed by atoms with van der Waals surface area (Å²) in [5.74, 6) is 0.233. The molecule has 0 radical (unpaired) electrons. The van der Waals surface area contributed by atoms with Gasteiger partial charge < -0.3 is 9.47 Å². The minimum absolute atomic E-state index is 0.139. The molecule has 8 heteroatoms. The van der Waals surface area contributed by atoms with Crippen molar-refractivity contribution in [3.63, 3.8) is 0 Å². The molecule has 1 aromatic heterocycles. The Balaban J connectivity index is 1.97. The van der Waals surface area contributed by atoms with E-state index in [2.05, 4.69) is 20.5 Å². The molecule has 2 aromatic rings. The van der Waals surface area contributed by atoms with Crippen LogP contribution in [-0.2, 0) is 4.79 Å². The molecule has 0 saturated heterocycles. The van der Waals surface area contributed by atoms with Gasteiger partial charge in [-0.2, -0.15) is 4.98 Å². The number of aromatic amines is 1. The second-order valence-corrected chi connectivity index (χ2v) is 4.26. The summed E-state index contributed by atoms with van der Waals surface area (Å²) in [4.78, 5) is 15.8. The fourth-order valence-electron chi connectivity index (χ4n) is 1.40. The van der Waals surface area contributed by atoms with Crippen molar-refractivity contribution in [2.75, 3.05) is 12.4 Å². The molecular weight excluding hydrogens is 284 g/mol. The van der Waals surface area contributed by atoms with Gasteiger partial charge in [0.1, 0.15) is 5.75 Å². The van der Waals surface area contributed by atoms with Gasteiger partial charge in [-0.3, -0.25) is 10.1 Å². The number of amides is 1. The molecule has 2 N–H and O–H groups in total. The maximum atomic E-state index is 11.9. The zero-order chi connectivity index (χ0) is 14.5. The number of nitrogens with one attached hydrogen (secondary N) is 2. The minimum Gasteiger partial charge on any atom is -0.479 e. The second-order valence-electron chi connectivity index (χ2n) is 3.85. The van der Waals surface area contributed by atoms with E-state index in [0.29, 0.717) is 10.8 Å². The molecule has 1 aromatic carbocycles. The van der Waals surface area contributed by atoms with Crippen molar-refractivity contribution in [2.45, 2.75) is 13.0 Å². The molecule has 0 aliphatic carbocycles. The van der Waals surface area contributed by atoms with Crippen molar-refractivity contribution in [1.82, 2.24) is 15.2 Å². The number of hydrogen-bond donors (Lipinski definition) is 2. The Morgan fingerprint density at radius 1 is 1.45 bits per heavy atom. The van der Waals surface area contributed by atoms with E-state index in [0.717, 1.165) is 0 Å². The summed E-state index contributed by atoms with van der Waals surface area (Å²) in [5.41, 5.74) is 0. The smallest absolute Gasteiger partial charge is 0.336 e. The number of carbonyl (C=O) groups is 1. The average molecular weight is 297 g/mol. The summed E-state index contributed by atoms with van der Waals surface area (Å²) in [5, 5.41) is 9.19. The van der Waals surface area contributed by atoms with Gasteiger partial charge in [0.25, 0.3) is 5.91 Å². The fraction of sp³-hybridized carbons (Fsp3) is 0.250. The number of para-hydroxylation sites is 1. The highest BCUT2D eigenvalue weighted by Crippen LogP contribution is 2.24. The van der Waals surface area contributed by atoms with Gasteiger partial charge in [0.15, 0.2) is 6.10 Å². The molecule has 1 heterocycles. The van der Waals surface area contributed by atoms with Gasteiger partial charge in [-0.1, -0.05) is 23.7 Å². The minimum atomic E-state index is -0.744. The van der Waals surface area contributed by atoms with Crippen molar-refractivity contribution in [1.29, 1.82) is 0 Å². The quantitative estimate of drug-likeness (QED) is 0.879. The Hall–Kier alpha value is -2.28. The van der Waals surface area contributed by atoms with Crippen LogP contribution in [0.5, 0.6) is 11.8 Å². The first-order valence-corrected chi connectivity index (χ1v) is 6.16. The SMILES string of the molecule is COc1n[nH]c(NC(=O)C(C)Oc2ccccc2Cl)n1. The Morgan fingerprint density at radius 3 is 2.85 bits per heavy atom. The van der Waals surface area contributed by atoms with Gasteiger partial charge in [0.05, 0.1) is 12.1 Å². The Kier molecular flexibility index (Phi) is 4.41. The van der Waals surface area contributed by atoms with Crippen LogP contribution in [0.15, 0.2) is 24.3 Å². The molecule has 0 spiro atoms. The predicted molar refractivity (Wildman–Crippen MR) is 73.1 cm³/mol. The largest absolute Gasteiger partial charge is 0.479 e. The second kappa shape index (κ2) is 6.25. The van der Waals surface area contributed by atoms with Crippen LogP contribution >= 0.6 is 11.6 Å². The summed E-state index contributed by atoms with van der Waals surface area (Å²) in [6, 6.07) is 7.06. The van der Waals surface area contributed by atoms with Crippen LogP contribution in [-0.4, -0.2) is 34.3 Å². The van der Waals surface area contributed by atoms with Gasteiger partial charge in [0.2, 0.25) is 5.95 Å². The highest BCUT2D eigenvalue weighted by molar-refractivity contribution is 6.32. The van der Waals surface area contributed by atoms with Gasteiger partial charge in [-0.05, 0) is 19.1 Å². The lowest BCUT2D eigenvalue weighted by atomic mass is 10.3. The first kappa shape index (κ1) is 14.1. The van der Waals surface area contributed by atoms with Crippen LogP contribution in [0.2, 0.25) is 5.02 Å². The summed E-state index contributed by atoms with van der Waals surface area (Å²) >= 11 is 5.95. The summed E-state index contributed by atoms with van der Waals surface area (Å²) in [6.45, 7) is 1.60. The lowest BCUT2D eigenvalue weighted by Gasteiger charge is -2.14. The Bertz CT molecular complexity index is 602. The van der Waals surface area contributed by atoms with Crippen molar-refractivity contribution >= 4 is 23.5 Å². The number of nitrogens with zero attached hydrogens (tertiary/aromatic N) is 2. The fourth-order valence-corrected chi connectivity index (χ4v) is 1.58. The van der Waals surface area contributed by atoms with Crippen LogP contribution in [0.3, 0.4) is 0 Å². The highest BCUT2D eigenvalue weighted by atomic mass is 35.5. The van der Waals surface area contributed by atoms with E-state index in [1.165, 1.54) is 7.11 Å². The Labute approximate surface area is 120 Å². The molecule has 1 atom stereocenters. The topological polar surface area (TPSA) is 89.1 Å². The van der Waals surface area contributed by atoms with E-state index in [1.807, 2.05) is 0 Å². The number of aromatic nitrogens is 3. The molecule has 0 bridgehead atoms. The molecule has 0 fully saturated rings. The molecule has 7 nitrogen and oxygen atoms in total. The third kappa shape index (κ3) is 3.39. The van der Waals surface area contributed by atoms with Crippen LogP contribution in [0.4, 0.5) is 5.95 Å². The molecule has 2 rings (SSSR count). The van der Waals surface area contributed by atoms with Gasteiger partial charge in [-0.15, -0.1) is 5.10 Å². The molecule has 0 aliphatic heterocycles. The zero-order valence-electron chi connectivity index (χ0n) is 10.9. The number of H-pyrrole nitrogens is 1. The number of methoxy groups -OCH3 is 1. The predicted octanol–water partition coefficient (Wildman–Crippen LogP) is 1.87. The molecule has 0 aliphatic rings. The normalized spacial score (nSPS) is 11.8. The number of ether oxygens (including phenoxy) is 2. The van der Waals surface area contributed by atoms with Gasteiger partial charge in [-0.25, -0.2) is 5.10 Å². The number of halogens is 1. The third-order valence-electron chi connectivity index (χ3n) is 2.40. The van der Waals surface area contributed by atoms with Crippen molar-refractivity contribution < 1.29 is 14.3 Å². The van der Waals surface area contributed by atoms with Crippen LogP contribution in [0.1, 0.15) is 6.92 Å². The molecule has 1 amide bonds. The lowest BCUT2D eigenvalue weighted by Crippen LogP contribution is -2.30. The molecular formula is C12H13ClN4O3. The lowest BCUT2D eigenvalue weighted by molar-refractivity contribution is -0.122. The summed E-state index contributed by atoms with van der Waals surface area (Å²) in [7, 11) is 1.43. The zero-order valence-corrected chi connectivity index (χ0v) is 11.6. The molecule has 20 heavy (non-hydrogen) atoms. The summed E-state index contributed by atoms with van der Waals surface area (Å²) in [6.07, 6.45) is -0.744. The number of anilines is 1. The maximum absolute atomic E-state index is 11.9. The third-order valence-corrected chi connectivity index (χ3v) is 2.71. The van der Waals surface area contributed by atoms with Crippen LogP contribution in [0, 0.1) is 0 Å². The van der Waals surface area contributed by atoms with E-state index < -0.39 is 6.10 Å². The van der Waals surface area contributed by atoms with Crippen LogP contribution in [0.25, 0.3) is 0 Å². The van der Waals surface area contributed by atoms with Gasteiger partial charge in [0, 0.05) is 0 Å². The van der Waals surface area contributed by atoms with E-state index in [1.54, 1.807) is 31.2 Å². The summed E-state index contributed by atoms with van der Waals surface area (Å²) < 4.78 is 10.3.